The molecular weight excluding hydrogens is 387 g/mol. The summed E-state index contributed by atoms with van der Waals surface area (Å²) in [6, 6.07) is 4.15. The third kappa shape index (κ3) is 3.50. The first-order valence-electron chi connectivity index (χ1n) is 8.73. The molecule has 0 atom stereocenters. The van der Waals surface area contributed by atoms with Crippen LogP contribution in [0.3, 0.4) is 0 Å². The first-order valence-corrected chi connectivity index (χ1v) is 8.73. The molecule has 1 amide bonds. The van der Waals surface area contributed by atoms with E-state index in [2.05, 4.69) is 27.4 Å². The van der Waals surface area contributed by atoms with Crippen LogP contribution in [0.2, 0.25) is 0 Å². The van der Waals surface area contributed by atoms with Crippen LogP contribution in [0.5, 0.6) is 0 Å². The van der Waals surface area contributed by atoms with Crippen molar-refractivity contribution in [2.24, 2.45) is 0 Å². The fraction of sp³-hybridized carbons (Fsp3) is 0.333. The zero-order chi connectivity index (χ0) is 19.0. The Morgan fingerprint density at radius 2 is 2.18 bits per heavy atom. The van der Waals surface area contributed by atoms with Crippen LogP contribution in [0.15, 0.2) is 29.0 Å². The van der Waals surface area contributed by atoms with Gasteiger partial charge in [-0.15, -0.1) is 12.4 Å². The summed E-state index contributed by atoms with van der Waals surface area (Å²) in [6.45, 7) is 3.71. The smallest absolute Gasteiger partial charge is 0.256 e. The number of fused-ring (bicyclic) bond motifs is 3. The number of hydrogen-bond donors (Lipinski definition) is 1. The maximum atomic E-state index is 13.7. The van der Waals surface area contributed by atoms with Crippen molar-refractivity contribution in [1.82, 2.24) is 29.9 Å². The molecule has 2 aromatic heterocycles. The highest BCUT2D eigenvalue weighted by atomic mass is 35.5. The normalized spacial score (nSPS) is 13.0. The van der Waals surface area contributed by atoms with Crippen LogP contribution in [0.25, 0.3) is 17.2 Å². The second-order valence-electron chi connectivity index (χ2n) is 6.42. The molecule has 0 unspecified atom stereocenters. The van der Waals surface area contributed by atoms with Gasteiger partial charge in [0.25, 0.3) is 5.91 Å². The van der Waals surface area contributed by atoms with Crippen LogP contribution in [-0.4, -0.2) is 44.1 Å². The quantitative estimate of drug-likeness (QED) is 0.655. The minimum atomic E-state index is -0.457. The fourth-order valence-electron chi connectivity index (χ4n) is 3.11. The first kappa shape index (κ1) is 20.0. The van der Waals surface area contributed by atoms with E-state index < -0.39 is 5.82 Å². The number of benzene rings is 1. The molecule has 8 nitrogen and oxygen atoms in total. The SMILES string of the molecule is CCCNCc1nc(-c2ncn3c2CN(C)C(=O)c2cc(F)ccc2-3)no1.Cl. The molecule has 3 aromatic rings. The van der Waals surface area contributed by atoms with Gasteiger partial charge < -0.3 is 14.7 Å². The van der Waals surface area contributed by atoms with Crippen LogP contribution in [-0.2, 0) is 13.1 Å². The Labute approximate surface area is 167 Å². The van der Waals surface area contributed by atoms with Crippen molar-refractivity contribution in [2.45, 2.75) is 26.4 Å². The molecule has 0 spiro atoms. The number of carbonyl (C=O) groups excluding carboxylic acids is 1. The molecular formula is C18H20ClFN6O2. The second kappa shape index (κ2) is 8.07. The van der Waals surface area contributed by atoms with Gasteiger partial charge in [0.15, 0.2) is 0 Å². The average Bonchev–Trinajstić information content (AvgIpc) is 3.26. The number of imidazole rings is 1. The molecule has 0 saturated carbocycles. The summed E-state index contributed by atoms with van der Waals surface area (Å²) in [4.78, 5) is 23.0. The number of carbonyl (C=O) groups is 1. The molecule has 0 aliphatic carbocycles. The number of aromatic nitrogens is 4. The first-order chi connectivity index (χ1) is 13.1. The summed E-state index contributed by atoms with van der Waals surface area (Å²) in [6.07, 6.45) is 2.61. The largest absolute Gasteiger partial charge is 0.337 e. The predicted molar refractivity (Wildman–Crippen MR) is 102 cm³/mol. The molecule has 1 aromatic carbocycles. The summed E-state index contributed by atoms with van der Waals surface area (Å²) >= 11 is 0. The van der Waals surface area contributed by atoms with Crippen LogP contribution < -0.4 is 5.32 Å². The lowest BCUT2D eigenvalue weighted by Gasteiger charge is -2.14. The Hall–Kier alpha value is -2.78. The molecule has 4 rings (SSSR count). The molecule has 1 aliphatic rings. The van der Waals surface area contributed by atoms with Crippen molar-refractivity contribution in [1.29, 1.82) is 0 Å². The molecule has 1 aliphatic heterocycles. The van der Waals surface area contributed by atoms with E-state index in [0.717, 1.165) is 18.7 Å². The number of nitrogens with zero attached hydrogens (tertiary/aromatic N) is 5. The highest BCUT2D eigenvalue weighted by molar-refractivity contribution is 5.98. The molecule has 0 bridgehead atoms. The lowest BCUT2D eigenvalue weighted by molar-refractivity contribution is 0.0787. The Balaban J connectivity index is 0.00000225. The topological polar surface area (TPSA) is 89.1 Å². The van der Waals surface area contributed by atoms with Gasteiger partial charge in [0.1, 0.15) is 17.8 Å². The monoisotopic (exact) mass is 406 g/mol. The average molecular weight is 407 g/mol. The molecule has 0 radical (unpaired) electrons. The zero-order valence-electron chi connectivity index (χ0n) is 15.5. The fourth-order valence-corrected chi connectivity index (χ4v) is 3.11. The van der Waals surface area contributed by atoms with Crippen molar-refractivity contribution in [3.8, 4) is 17.2 Å². The lowest BCUT2D eigenvalue weighted by atomic mass is 10.1. The van der Waals surface area contributed by atoms with E-state index in [-0.39, 0.29) is 23.9 Å². The maximum Gasteiger partial charge on any atom is 0.256 e. The standard InChI is InChI=1S/C18H19FN6O2.ClH/c1-3-6-20-8-15-22-17(23-27-15)16-14-9-24(2)18(26)12-7-11(19)4-5-13(12)25(14)10-21-16;/h4-5,7,10,20H,3,6,8-9H2,1-2H3;1H. The van der Waals surface area contributed by atoms with E-state index in [9.17, 15) is 9.18 Å². The van der Waals surface area contributed by atoms with Gasteiger partial charge >= 0.3 is 0 Å². The van der Waals surface area contributed by atoms with E-state index in [4.69, 9.17) is 4.52 Å². The van der Waals surface area contributed by atoms with E-state index in [1.807, 2.05) is 0 Å². The van der Waals surface area contributed by atoms with E-state index in [0.29, 0.717) is 36.2 Å². The number of nitrogens with one attached hydrogen (secondary N) is 1. The Morgan fingerprint density at radius 1 is 1.36 bits per heavy atom. The summed E-state index contributed by atoms with van der Waals surface area (Å²) in [5.41, 5.74) is 2.15. The van der Waals surface area contributed by atoms with Gasteiger partial charge in [-0.3, -0.25) is 9.36 Å². The highest BCUT2D eigenvalue weighted by Gasteiger charge is 2.28. The molecule has 3 heterocycles. The summed E-state index contributed by atoms with van der Waals surface area (Å²) in [7, 11) is 1.67. The van der Waals surface area contributed by atoms with Gasteiger partial charge in [-0.05, 0) is 31.2 Å². The maximum absolute atomic E-state index is 13.7. The van der Waals surface area contributed by atoms with Crippen LogP contribution in [0, 0.1) is 5.82 Å². The number of halogens is 2. The van der Waals surface area contributed by atoms with E-state index in [1.54, 1.807) is 24.0 Å². The predicted octanol–water partition coefficient (Wildman–Crippen LogP) is 2.57. The van der Waals surface area contributed by atoms with Crippen molar-refractivity contribution in [2.75, 3.05) is 13.6 Å². The van der Waals surface area contributed by atoms with Gasteiger partial charge in [-0.2, -0.15) is 4.98 Å². The van der Waals surface area contributed by atoms with E-state index >= 15 is 0 Å². The Morgan fingerprint density at radius 3 is 2.96 bits per heavy atom. The van der Waals surface area contributed by atoms with Gasteiger partial charge in [-0.1, -0.05) is 12.1 Å². The van der Waals surface area contributed by atoms with Crippen molar-refractivity contribution >= 4 is 18.3 Å². The lowest BCUT2D eigenvalue weighted by Crippen LogP contribution is -2.25. The van der Waals surface area contributed by atoms with Gasteiger partial charge in [0.2, 0.25) is 11.7 Å². The van der Waals surface area contributed by atoms with Crippen LogP contribution in [0.4, 0.5) is 4.39 Å². The summed E-state index contributed by atoms with van der Waals surface area (Å²) < 4.78 is 20.7. The molecule has 10 heteroatoms. The van der Waals surface area contributed by atoms with Crippen LogP contribution >= 0.6 is 12.4 Å². The van der Waals surface area contributed by atoms with Crippen molar-refractivity contribution < 1.29 is 13.7 Å². The van der Waals surface area contributed by atoms with Gasteiger partial charge in [-0.25, -0.2) is 9.37 Å². The van der Waals surface area contributed by atoms with Gasteiger partial charge in [0.05, 0.1) is 30.0 Å². The minimum Gasteiger partial charge on any atom is -0.337 e. The molecule has 28 heavy (non-hydrogen) atoms. The van der Waals surface area contributed by atoms with Gasteiger partial charge in [0, 0.05) is 7.05 Å². The summed E-state index contributed by atoms with van der Waals surface area (Å²) in [5.74, 6) is 0.127. The van der Waals surface area contributed by atoms with E-state index in [1.165, 1.54) is 17.0 Å². The molecule has 0 saturated heterocycles. The molecule has 0 fully saturated rings. The van der Waals surface area contributed by atoms with Crippen molar-refractivity contribution in [3.63, 3.8) is 0 Å². The Kier molecular flexibility index (Phi) is 5.76. The summed E-state index contributed by atoms with van der Waals surface area (Å²) in [5, 5.41) is 7.23. The molecule has 1 N–H and O–H groups in total. The number of rotatable bonds is 5. The Bertz CT molecular complexity index is 1000. The van der Waals surface area contributed by atoms with Crippen LogP contribution in [0.1, 0.15) is 35.3 Å². The number of hydrogen-bond acceptors (Lipinski definition) is 6. The molecule has 148 valence electrons. The number of amides is 1. The highest BCUT2D eigenvalue weighted by Crippen LogP contribution is 2.29. The second-order valence-corrected chi connectivity index (χ2v) is 6.42. The third-order valence-electron chi connectivity index (χ3n) is 4.43. The zero-order valence-corrected chi connectivity index (χ0v) is 16.3. The van der Waals surface area contributed by atoms with Crippen molar-refractivity contribution in [3.05, 3.63) is 47.5 Å². The minimum absolute atomic E-state index is 0. The third-order valence-corrected chi connectivity index (χ3v) is 4.43.